The van der Waals surface area contributed by atoms with E-state index in [0.717, 1.165) is 5.56 Å². The molecule has 1 aromatic carbocycles. The van der Waals surface area contributed by atoms with Gasteiger partial charge in [-0.15, -0.1) is 0 Å². The number of para-hydroxylation sites is 1. The maximum atomic E-state index is 13.2. The minimum Gasteiger partial charge on any atom is -0.486 e. The van der Waals surface area contributed by atoms with E-state index >= 15 is 0 Å². The largest absolute Gasteiger partial charge is 0.486 e. The lowest BCUT2D eigenvalue weighted by atomic mass is 9.92. The van der Waals surface area contributed by atoms with Gasteiger partial charge in [-0.25, -0.2) is 8.42 Å². The van der Waals surface area contributed by atoms with Gasteiger partial charge in [0.1, 0.15) is 18.1 Å². The van der Waals surface area contributed by atoms with Gasteiger partial charge in [-0.05, 0) is 17.7 Å². The van der Waals surface area contributed by atoms with Gasteiger partial charge in [0.2, 0.25) is 10.0 Å². The third-order valence-electron chi connectivity index (χ3n) is 4.94. The molecule has 2 aromatic rings. The standard InChI is InChI=1S/C17H21N3O5S/c1-19-8-12(7-18-19)14-10-20(9-13(14)11-21)26(22,23)16-4-2-3-15-17(16)25-6-5-24-15/h2-4,7-8,13-14,21H,5-6,9-11H2,1H3/t13-,14-/m0/s1. The molecule has 0 aliphatic carbocycles. The van der Waals surface area contributed by atoms with Crippen molar-refractivity contribution in [1.29, 1.82) is 0 Å². The number of hydrogen-bond donors (Lipinski definition) is 1. The van der Waals surface area contributed by atoms with Crippen LogP contribution in [0.15, 0.2) is 35.5 Å². The molecule has 1 aromatic heterocycles. The summed E-state index contributed by atoms with van der Waals surface area (Å²) >= 11 is 0. The third-order valence-corrected chi connectivity index (χ3v) is 6.80. The Labute approximate surface area is 152 Å². The molecule has 3 heterocycles. The number of aryl methyl sites for hydroxylation is 1. The van der Waals surface area contributed by atoms with E-state index in [0.29, 0.717) is 25.5 Å². The zero-order valence-electron chi connectivity index (χ0n) is 14.4. The summed E-state index contributed by atoms with van der Waals surface area (Å²) in [7, 11) is -1.95. The van der Waals surface area contributed by atoms with Gasteiger partial charge in [-0.3, -0.25) is 4.68 Å². The van der Waals surface area contributed by atoms with E-state index in [1.54, 1.807) is 23.0 Å². The van der Waals surface area contributed by atoms with Crippen LogP contribution in [-0.2, 0) is 17.1 Å². The lowest BCUT2D eigenvalue weighted by molar-refractivity contribution is 0.166. The van der Waals surface area contributed by atoms with E-state index in [2.05, 4.69) is 5.10 Å². The van der Waals surface area contributed by atoms with Gasteiger partial charge >= 0.3 is 0 Å². The van der Waals surface area contributed by atoms with Crippen LogP contribution in [0.25, 0.3) is 0 Å². The average molecular weight is 379 g/mol. The van der Waals surface area contributed by atoms with Crippen molar-refractivity contribution in [2.75, 3.05) is 32.9 Å². The Balaban J connectivity index is 1.67. The minimum absolute atomic E-state index is 0.0852. The van der Waals surface area contributed by atoms with Crippen molar-refractivity contribution < 1.29 is 23.0 Å². The summed E-state index contributed by atoms with van der Waals surface area (Å²) in [6.07, 6.45) is 3.59. The fourth-order valence-corrected chi connectivity index (χ4v) is 5.28. The van der Waals surface area contributed by atoms with Crippen molar-refractivity contribution in [1.82, 2.24) is 14.1 Å². The SMILES string of the molecule is Cn1cc([C@@H]2CN(S(=O)(=O)c3cccc4c3OCCO4)C[C@H]2CO)cn1. The van der Waals surface area contributed by atoms with E-state index in [1.165, 1.54) is 10.4 Å². The predicted octanol–water partition coefficient (Wildman–Crippen LogP) is 0.588. The smallest absolute Gasteiger partial charge is 0.246 e. The molecule has 26 heavy (non-hydrogen) atoms. The monoisotopic (exact) mass is 379 g/mol. The van der Waals surface area contributed by atoms with Crippen LogP contribution >= 0.6 is 0 Å². The summed E-state index contributed by atoms with van der Waals surface area (Å²) in [6.45, 7) is 1.18. The first kappa shape index (κ1) is 17.3. The summed E-state index contributed by atoms with van der Waals surface area (Å²) < 4.78 is 40.6. The van der Waals surface area contributed by atoms with E-state index in [4.69, 9.17) is 9.47 Å². The Kier molecular flexibility index (Phi) is 4.37. The number of aromatic nitrogens is 2. The lowest BCUT2D eigenvalue weighted by Crippen LogP contribution is -2.30. The fraction of sp³-hybridized carbons (Fsp3) is 0.471. The maximum absolute atomic E-state index is 13.2. The molecular weight excluding hydrogens is 358 g/mol. The number of aliphatic hydroxyl groups excluding tert-OH is 1. The summed E-state index contributed by atoms with van der Waals surface area (Å²) in [4.78, 5) is 0.109. The highest BCUT2D eigenvalue weighted by Gasteiger charge is 2.41. The number of benzene rings is 1. The first-order valence-corrected chi connectivity index (χ1v) is 9.93. The summed E-state index contributed by atoms with van der Waals surface area (Å²) in [5.74, 6) is 0.439. The van der Waals surface area contributed by atoms with Crippen LogP contribution in [0.3, 0.4) is 0 Å². The van der Waals surface area contributed by atoms with Crippen molar-refractivity contribution in [3.8, 4) is 11.5 Å². The molecule has 2 aliphatic rings. The molecule has 0 saturated carbocycles. The fourth-order valence-electron chi connectivity index (χ4n) is 3.61. The second-order valence-electron chi connectivity index (χ2n) is 6.60. The van der Waals surface area contributed by atoms with Crippen LogP contribution in [0.5, 0.6) is 11.5 Å². The lowest BCUT2D eigenvalue weighted by Gasteiger charge is -2.23. The highest BCUT2D eigenvalue weighted by atomic mass is 32.2. The highest BCUT2D eigenvalue weighted by Crippen LogP contribution is 2.41. The van der Waals surface area contributed by atoms with E-state index in [9.17, 15) is 13.5 Å². The Bertz CT molecular complexity index is 911. The van der Waals surface area contributed by atoms with Gasteiger partial charge < -0.3 is 14.6 Å². The Morgan fingerprint density at radius 3 is 2.81 bits per heavy atom. The van der Waals surface area contributed by atoms with Gasteiger partial charge in [-0.1, -0.05) is 6.07 Å². The van der Waals surface area contributed by atoms with Crippen LogP contribution in [0.2, 0.25) is 0 Å². The number of rotatable bonds is 4. The quantitative estimate of drug-likeness (QED) is 0.836. The summed E-state index contributed by atoms with van der Waals surface area (Å²) in [5, 5.41) is 13.9. The molecule has 140 valence electrons. The molecule has 1 N–H and O–H groups in total. The van der Waals surface area contributed by atoms with Crippen LogP contribution < -0.4 is 9.47 Å². The van der Waals surface area contributed by atoms with Crippen molar-refractivity contribution in [2.45, 2.75) is 10.8 Å². The number of hydrogen-bond acceptors (Lipinski definition) is 6. The van der Waals surface area contributed by atoms with E-state index < -0.39 is 10.0 Å². The third kappa shape index (κ3) is 2.85. The van der Waals surface area contributed by atoms with Crippen LogP contribution in [0, 0.1) is 5.92 Å². The van der Waals surface area contributed by atoms with Crippen molar-refractivity contribution in [3.63, 3.8) is 0 Å². The van der Waals surface area contributed by atoms with Crippen molar-refractivity contribution >= 4 is 10.0 Å². The zero-order valence-corrected chi connectivity index (χ0v) is 15.2. The van der Waals surface area contributed by atoms with E-state index in [1.807, 2.05) is 13.2 Å². The summed E-state index contributed by atoms with van der Waals surface area (Å²) in [5.41, 5.74) is 0.930. The zero-order chi connectivity index (χ0) is 18.3. The molecule has 1 saturated heterocycles. The molecule has 0 bridgehead atoms. The molecule has 0 radical (unpaired) electrons. The first-order chi connectivity index (χ1) is 12.5. The van der Waals surface area contributed by atoms with Crippen molar-refractivity contribution in [3.05, 3.63) is 36.2 Å². The molecule has 2 atom stereocenters. The van der Waals surface area contributed by atoms with Crippen molar-refractivity contribution in [2.24, 2.45) is 13.0 Å². The molecule has 8 nitrogen and oxygen atoms in total. The van der Waals surface area contributed by atoms with E-state index in [-0.39, 0.29) is 35.6 Å². The number of sulfonamides is 1. The van der Waals surface area contributed by atoms with Crippen LogP contribution in [0.4, 0.5) is 0 Å². The molecule has 0 amide bonds. The van der Waals surface area contributed by atoms with Gasteiger partial charge in [0.25, 0.3) is 0 Å². The number of ether oxygens (including phenoxy) is 2. The number of fused-ring (bicyclic) bond motifs is 1. The molecule has 0 spiro atoms. The van der Waals surface area contributed by atoms with Gasteiger partial charge in [0.05, 0.1) is 6.20 Å². The Morgan fingerprint density at radius 1 is 1.27 bits per heavy atom. The molecule has 0 unspecified atom stereocenters. The molecule has 9 heteroatoms. The highest BCUT2D eigenvalue weighted by molar-refractivity contribution is 7.89. The van der Waals surface area contributed by atoms with Gasteiger partial charge in [0.15, 0.2) is 11.5 Å². The van der Waals surface area contributed by atoms with Gasteiger partial charge in [-0.2, -0.15) is 9.40 Å². The first-order valence-electron chi connectivity index (χ1n) is 8.49. The van der Waals surface area contributed by atoms with Crippen LogP contribution in [-0.4, -0.2) is 60.5 Å². The number of aliphatic hydroxyl groups is 1. The number of nitrogens with zero attached hydrogens (tertiary/aromatic N) is 3. The Morgan fingerprint density at radius 2 is 2.08 bits per heavy atom. The van der Waals surface area contributed by atoms with Gasteiger partial charge in [0, 0.05) is 44.8 Å². The molecule has 2 aliphatic heterocycles. The Hall–Kier alpha value is -2.10. The second kappa shape index (κ2) is 6.57. The minimum atomic E-state index is -3.77. The maximum Gasteiger partial charge on any atom is 0.246 e. The predicted molar refractivity (Wildman–Crippen MR) is 92.7 cm³/mol. The second-order valence-corrected chi connectivity index (χ2v) is 8.51. The molecule has 4 rings (SSSR count). The summed E-state index contributed by atoms with van der Waals surface area (Å²) in [6, 6.07) is 4.89. The normalized spacial score (nSPS) is 23.3. The average Bonchev–Trinajstić information content (AvgIpc) is 3.27. The molecular formula is C17H21N3O5S. The molecule has 1 fully saturated rings. The van der Waals surface area contributed by atoms with Crippen LogP contribution in [0.1, 0.15) is 11.5 Å². The topological polar surface area (TPSA) is 93.9 Å².